The maximum atomic E-state index is 12.8. The van der Waals surface area contributed by atoms with Gasteiger partial charge in [-0.15, -0.1) is 0 Å². The summed E-state index contributed by atoms with van der Waals surface area (Å²) in [5, 5.41) is 10.1. The van der Waals surface area contributed by atoms with Gasteiger partial charge in [0.1, 0.15) is 0 Å². The van der Waals surface area contributed by atoms with Gasteiger partial charge in [-0.25, -0.2) is 0 Å². The summed E-state index contributed by atoms with van der Waals surface area (Å²) in [6.45, 7) is 1.91. The minimum Gasteiger partial charge on any atom is -0.371 e. The molecule has 132 valence electrons. The van der Waals surface area contributed by atoms with Gasteiger partial charge in [-0.05, 0) is 37.1 Å². The highest BCUT2D eigenvalue weighted by molar-refractivity contribution is 6.00. The van der Waals surface area contributed by atoms with Gasteiger partial charge in [0, 0.05) is 42.1 Å². The topological polar surface area (TPSA) is 61.0 Å². The van der Waals surface area contributed by atoms with Gasteiger partial charge in [-0.3, -0.25) is 9.89 Å². The van der Waals surface area contributed by atoms with E-state index in [0.717, 1.165) is 37.2 Å². The van der Waals surface area contributed by atoms with Crippen molar-refractivity contribution in [1.82, 2.24) is 15.5 Å². The normalized spacial score (nSPS) is 15.0. The lowest BCUT2D eigenvalue weighted by Gasteiger charge is -2.34. The number of H-pyrrole nitrogens is 1. The molecule has 4 rings (SSSR count). The highest BCUT2D eigenvalue weighted by Gasteiger charge is 2.22. The molecular formula is C21H22N4O. The molecule has 1 amide bonds. The third kappa shape index (κ3) is 3.47. The first-order valence-electron chi connectivity index (χ1n) is 9.01. The van der Waals surface area contributed by atoms with Crippen molar-refractivity contribution in [2.75, 3.05) is 18.0 Å². The molecule has 1 aliphatic rings. The van der Waals surface area contributed by atoms with Gasteiger partial charge in [-0.2, -0.15) is 5.10 Å². The SMILES string of the molecule is O=C(NC1CCN(c2ccccc2)CC1)c1ccccc1-c1ccn[nH]1. The first-order valence-corrected chi connectivity index (χ1v) is 9.01. The molecule has 1 aromatic heterocycles. The first-order chi connectivity index (χ1) is 12.8. The van der Waals surface area contributed by atoms with Gasteiger partial charge in [0.15, 0.2) is 0 Å². The van der Waals surface area contributed by atoms with E-state index in [-0.39, 0.29) is 11.9 Å². The summed E-state index contributed by atoms with van der Waals surface area (Å²) in [5.74, 6) is -0.0200. The number of benzene rings is 2. The molecule has 1 saturated heterocycles. The zero-order chi connectivity index (χ0) is 17.8. The van der Waals surface area contributed by atoms with E-state index < -0.39 is 0 Å². The van der Waals surface area contributed by atoms with Crippen LogP contribution in [-0.4, -0.2) is 35.2 Å². The number of aromatic amines is 1. The van der Waals surface area contributed by atoms with Gasteiger partial charge in [0.05, 0.1) is 5.69 Å². The van der Waals surface area contributed by atoms with Crippen molar-refractivity contribution < 1.29 is 4.79 Å². The third-order valence-electron chi connectivity index (χ3n) is 4.91. The first kappa shape index (κ1) is 16.4. The maximum Gasteiger partial charge on any atom is 0.252 e. The van der Waals surface area contributed by atoms with Crippen LogP contribution in [0.1, 0.15) is 23.2 Å². The van der Waals surface area contributed by atoms with Crippen molar-refractivity contribution in [3.63, 3.8) is 0 Å². The zero-order valence-electron chi connectivity index (χ0n) is 14.6. The molecular weight excluding hydrogens is 324 g/mol. The standard InChI is InChI=1S/C21H22N4O/c26-21(19-9-5-4-8-18(19)20-10-13-22-24-20)23-16-11-14-25(15-12-16)17-6-2-1-3-7-17/h1-10,13,16H,11-12,14-15H2,(H,22,24)(H,23,26). The number of hydrogen-bond acceptors (Lipinski definition) is 3. The van der Waals surface area contributed by atoms with Gasteiger partial charge >= 0.3 is 0 Å². The molecule has 1 fully saturated rings. The Labute approximate surface area is 153 Å². The highest BCUT2D eigenvalue weighted by Crippen LogP contribution is 2.23. The van der Waals surface area contributed by atoms with Crippen molar-refractivity contribution in [3.05, 3.63) is 72.4 Å². The molecule has 2 heterocycles. The number of carbonyl (C=O) groups excluding carboxylic acids is 1. The number of piperidine rings is 1. The van der Waals surface area contributed by atoms with E-state index in [1.165, 1.54) is 5.69 Å². The van der Waals surface area contributed by atoms with E-state index in [9.17, 15) is 4.79 Å². The predicted molar refractivity (Wildman–Crippen MR) is 103 cm³/mol. The molecule has 3 aromatic rings. The number of amides is 1. The summed E-state index contributed by atoms with van der Waals surface area (Å²) in [7, 11) is 0. The van der Waals surface area contributed by atoms with E-state index in [4.69, 9.17) is 0 Å². The summed E-state index contributed by atoms with van der Waals surface area (Å²) in [5.41, 5.74) is 3.67. The van der Waals surface area contributed by atoms with Crippen LogP contribution >= 0.6 is 0 Å². The molecule has 5 heteroatoms. The molecule has 0 radical (unpaired) electrons. The van der Waals surface area contributed by atoms with Crippen molar-refractivity contribution in [1.29, 1.82) is 0 Å². The predicted octanol–water partition coefficient (Wildman–Crippen LogP) is 3.48. The van der Waals surface area contributed by atoms with Crippen LogP contribution in [0.3, 0.4) is 0 Å². The average Bonchev–Trinajstić information content (AvgIpc) is 3.24. The monoisotopic (exact) mass is 346 g/mol. The minimum absolute atomic E-state index is 0.0200. The summed E-state index contributed by atoms with van der Waals surface area (Å²) in [4.78, 5) is 15.2. The fourth-order valence-corrected chi connectivity index (χ4v) is 3.51. The number of hydrogen-bond donors (Lipinski definition) is 2. The number of rotatable bonds is 4. The van der Waals surface area contributed by atoms with E-state index >= 15 is 0 Å². The number of para-hydroxylation sites is 1. The van der Waals surface area contributed by atoms with Gasteiger partial charge in [0.2, 0.25) is 0 Å². The Morgan fingerprint density at radius 3 is 2.46 bits per heavy atom. The summed E-state index contributed by atoms with van der Waals surface area (Å²) in [6.07, 6.45) is 3.60. The van der Waals surface area contributed by atoms with Crippen LogP contribution in [0.5, 0.6) is 0 Å². The number of carbonyl (C=O) groups is 1. The van der Waals surface area contributed by atoms with Crippen LogP contribution in [0.2, 0.25) is 0 Å². The van der Waals surface area contributed by atoms with E-state index in [1.54, 1.807) is 6.20 Å². The Hall–Kier alpha value is -3.08. The quantitative estimate of drug-likeness (QED) is 0.760. The van der Waals surface area contributed by atoms with Crippen LogP contribution in [0.25, 0.3) is 11.3 Å². The van der Waals surface area contributed by atoms with Crippen LogP contribution in [0, 0.1) is 0 Å². The largest absolute Gasteiger partial charge is 0.371 e. The second-order valence-electron chi connectivity index (χ2n) is 6.59. The van der Waals surface area contributed by atoms with Crippen LogP contribution in [0.15, 0.2) is 66.9 Å². The third-order valence-corrected chi connectivity index (χ3v) is 4.91. The molecule has 0 bridgehead atoms. The van der Waals surface area contributed by atoms with Crippen molar-refractivity contribution in [3.8, 4) is 11.3 Å². The Morgan fingerprint density at radius 2 is 1.73 bits per heavy atom. The van der Waals surface area contributed by atoms with Crippen molar-refractivity contribution >= 4 is 11.6 Å². The molecule has 0 spiro atoms. The molecule has 1 aliphatic heterocycles. The summed E-state index contributed by atoms with van der Waals surface area (Å²) in [6, 6.07) is 20.2. The molecule has 2 N–H and O–H groups in total. The Bertz CT molecular complexity index is 853. The fraction of sp³-hybridized carbons (Fsp3) is 0.238. The molecule has 0 unspecified atom stereocenters. The Kier molecular flexibility index (Phi) is 4.69. The van der Waals surface area contributed by atoms with E-state index in [2.05, 4.69) is 44.7 Å². The van der Waals surface area contributed by atoms with Crippen molar-refractivity contribution in [2.24, 2.45) is 0 Å². The minimum atomic E-state index is -0.0200. The second kappa shape index (κ2) is 7.44. The van der Waals surface area contributed by atoms with Crippen molar-refractivity contribution in [2.45, 2.75) is 18.9 Å². The lowest BCUT2D eigenvalue weighted by molar-refractivity contribution is 0.0931. The van der Waals surface area contributed by atoms with E-state index in [0.29, 0.717) is 5.56 Å². The van der Waals surface area contributed by atoms with Crippen LogP contribution < -0.4 is 10.2 Å². The zero-order valence-corrected chi connectivity index (χ0v) is 14.6. The molecule has 5 nitrogen and oxygen atoms in total. The molecule has 0 aliphatic carbocycles. The molecule has 0 atom stereocenters. The van der Waals surface area contributed by atoms with Gasteiger partial charge in [0.25, 0.3) is 5.91 Å². The number of nitrogens with zero attached hydrogens (tertiary/aromatic N) is 2. The van der Waals surface area contributed by atoms with Crippen LogP contribution in [-0.2, 0) is 0 Å². The Morgan fingerprint density at radius 1 is 1.00 bits per heavy atom. The summed E-state index contributed by atoms with van der Waals surface area (Å²) < 4.78 is 0. The average molecular weight is 346 g/mol. The van der Waals surface area contributed by atoms with Gasteiger partial charge in [-0.1, -0.05) is 36.4 Å². The van der Waals surface area contributed by atoms with E-state index in [1.807, 2.05) is 36.4 Å². The molecule has 26 heavy (non-hydrogen) atoms. The fourth-order valence-electron chi connectivity index (χ4n) is 3.51. The summed E-state index contributed by atoms with van der Waals surface area (Å²) >= 11 is 0. The lowest BCUT2D eigenvalue weighted by atomic mass is 10.0. The lowest BCUT2D eigenvalue weighted by Crippen LogP contribution is -2.44. The molecule has 2 aromatic carbocycles. The van der Waals surface area contributed by atoms with Crippen LogP contribution in [0.4, 0.5) is 5.69 Å². The highest BCUT2D eigenvalue weighted by atomic mass is 16.1. The second-order valence-corrected chi connectivity index (χ2v) is 6.59. The Balaban J connectivity index is 1.41. The number of nitrogens with one attached hydrogen (secondary N) is 2. The maximum absolute atomic E-state index is 12.8. The number of anilines is 1. The molecule has 0 saturated carbocycles. The smallest absolute Gasteiger partial charge is 0.252 e. The number of aromatic nitrogens is 2. The van der Waals surface area contributed by atoms with Gasteiger partial charge < -0.3 is 10.2 Å².